The first-order valence-corrected chi connectivity index (χ1v) is 4.24. The molecule has 66 valence electrons. The quantitative estimate of drug-likeness (QED) is 0.715. The highest BCUT2D eigenvalue weighted by atomic mass is 32.1. The molecule has 1 aromatic rings. The van der Waals surface area contributed by atoms with Gasteiger partial charge >= 0.3 is 6.03 Å². The van der Waals surface area contributed by atoms with E-state index in [2.05, 4.69) is 10.2 Å². The number of carbonyl (C=O) groups is 1. The molecule has 0 atom stereocenters. The van der Waals surface area contributed by atoms with Crippen molar-refractivity contribution >= 4 is 22.4 Å². The van der Waals surface area contributed by atoms with Gasteiger partial charge in [-0.1, -0.05) is 0 Å². The first kappa shape index (κ1) is 9.02. The number of amides is 2. The van der Waals surface area contributed by atoms with Crippen LogP contribution < -0.4 is 5.32 Å². The maximum atomic E-state index is 11.1. The fourth-order valence-electron chi connectivity index (χ4n) is 0.617. The molecule has 0 unspecified atom stereocenters. The van der Waals surface area contributed by atoms with Crippen molar-refractivity contribution < 1.29 is 9.63 Å². The predicted molar refractivity (Wildman–Crippen MR) is 48.1 cm³/mol. The SMILES string of the molecule is CON(C)C(=O)Nc1cccs1. The molecule has 1 rings (SSSR count). The number of rotatable bonds is 2. The van der Waals surface area contributed by atoms with Gasteiger partial charge in [-0.2, -0.15) is 0 Å². The van der Waals surface area contributed by atoms with Crippen molar-refractivity contribution in [3.05, 3.63) is 17.5 Å². The molecule has 0 aliphatic rings. The van der Waals surface area contributed by atoms with Gasteiger partial charge in [0.2, 0.25) is 0 Å². The zero-order valence-corrected chi connectivity index (χ0v) is 7.72. The Morgan fingerprint density at radius 1 is 1.75 bits per heavy atom. The van der Waals surface area contributed by atoms with Gasteiger partial charge in [0.1, 0.15) is 0 Å². The van der Waals surface area contributed by atoms with Crippen LogP contribution in [0.2, 0.25) is 0 Å². The average molecular weight is 186 g/mol. The molecule has 0 radical (unpaired) electrons. The third-order valence-corrected chi connectivity index (χ3v) is 2.10. The standard InChI is InChI=1S/C7H10N2O2S/c1-9(11-2)7(10)8-6-4-3-5-12-6/h3-5H,1-2H3,(H,8,10). The minimum Gasteiger partial charge on any atom is -0.297 e. The van der Waals surface area contributed by atoms with Crippen molar-refractivity contribution in [1.82, 2.24) is 5.06 Å². The summed E-state index contributed by atoms with van der Waals surface area (Å²) in [6.07, 6.45) is 0. The van der Waals surface area contributed by atoms with Gasteiger partial charge in [0.25, 0.3) is 0 Å². The molecule has 0 saturated carbocycles. The van der Waals surface area contributed by atoms with Gasteiger partial charge < -0.3 is 0 Å². The first-order valence-electron chi connectivity index (χ1n) is 3.36. The number of nitrogens with zero attached hydrogens (tertiary/aromatic N) is 1. The summed E-state index contributed by atoms with van der Waals surface area (Å²) in [7, 11) is 2.98. The van der Waals surface area contributed by atoms with E-state index >= 15 is 0 Å². The largest absolute Gasteiger partial charge is 0.346 e. The second-order valence-corrected chi connectivity index (χ2v) is 3.04. The van der Waals surface area contributed by atoms with E-state index in [-0.39, 0.29) is 6.03 Å². The molecule has 0 saturated heterocycles. The van der Waals surface area contributed by atoms with E-state index in [9.17, 15) is 4.79 Å². The number of hydroxylamine groups is 2. The van der Waals surface area contributed by atoms with Crippen LogP contribution in [-0.4, -0.2) is 25.3 Å². The van der Waals surface area contributed by atoms with Crippen molar-refractivity contribution in [2.24, 2.45) is 0 Å². The molecule has 0 aromatic carbocycles. The summed E-state index contributed by atoms with van der Waals surface area (Å²) >= 11 is 1.46. The lowest BCUT2D eigenvalue weighted by Gasteiger charge is -2.13. The summed E-state index contributed by atoms with van der Waals surface area (Å²) in [5.74, 6) is 0. The van der Waals surface area contributed by atoms with Crippen LogP contribution in [0.5, 0.6) is 0 Å². The zero-order valence-electron chi connectivity index (χ0n) is 6.90. The lowest BCUT2D eigenvalue weighted by molar-refractivity contribution is -0.0597. The molecule has 1 aromatic heterocycles. The summed E-state index contributed by atoms with van der Waals surface area (Å²) < 4.78 is 0. The first-order chi connectivity index (χ1) is 5.74. The molecule has 0 bridgehead atoms. The Balaban J connectivity index is 2.47. The van der Waals surface area contributed by atoms with Crippen LogP contribution in [-0.2, 0) is 4.84 Å². The van der Waals surface area contributed by atoms with Gasteiger partial charge in [-0.3, -0.25) is 10.2 Å². The number of hydrogen-bond acceptors (Lipinski definition) is 3. The highest BCUT2D eigenvalue weighted by molar-refractivity contribution is 7.14. The average Bonchev–Trinajstić information content (AvgIpc) is 2.55. The van der Waals surface area contributed by atoms with Crippen LogP contribution in [0.1, 0.15) is 0 Å². The molecule has 0 aliphatic carbocycles. The Hall–Kier alpha value is -1.07. The molecule has 1 heterocycles. The minimum atomic E-state index is -0.278. The Labute approximate surface area is 74.7 Å². The number of nitrogens with one attached hydrogen (secondary N) is 1. The molecule has 1 N–H and O–H groups in total. The van der Waals surface area contributed by atoms with Crippen LogP contribution in [0.4, 0.5) is 9.80 Å². The van der Waals surface area contributed by atoms with Crippen molar-refractivity contribution in [1.29, 1.82) is 0 Å². The van der Waals surface area contributed by atoms with Gasteiger partial charge in [0.05, 0.1) is 12.1 Å². The Bertz CT molecular complexity index is 248. The minimum absolute atomic E-state index is 0.278. The molecule has 0 spiro atoms. The highest BCUT2D eigenvalue weighted by Crippen LogP contribution is 2.14. The number of carbonyl (C=O) groups excluding carboxylic acids is 1. The second kappa shape index (κ2) is 4.08. The van der Waals surface area contributed by atoms with E-state index in [1.54, 1.807) is 7.05 Å². The van der Waals surface area contributed by atoms with Crippen LogP contribution in [0.3, 0.4) is 0 Å². The number of anilines is 1. The number of urea groups is 1. The summed E-state index contributed by atoms with van der Waals surface area (Å²) in [5.41, 5.74) is 0. The van der Waals surface area contributed by atoms with Gasteiger partial charge in [-0.05, 0) is 17.5 Å². The molecule has 12 heavy (non-hydrogen) atoms. The van der Waals surface area contributed by atoms with Crippen molar-refractivity contribution in [2.45, 2.75) is 0 Å². The molecule has 5 heteroatoms. The fraction of sp³-hybridized carbons (Fsp3) is 0.286. The summed E-state index contributed by atoms with van der Waals surface area (Å²) in [4.78, 5) is 15.8. The van der Waals surface area contributed by atoms with E-state index < -0.39 is 0 Å². The summed E-state index contributed by atoms with van der Waals surface area (Å²) in [6.45, 7) is 0. The smallest absolute Gasteiger partial charge is 0.297 e. The number of thiophene rings is 1. The fourth-order valence-corrected chi connectivity index (χ4v) is 1.22. The second-order valence-electron chi connectivity index (χ2n) is 2.09. The topological polar surface area (TPSA) is 41.6 Å². The Morgan fingerprint density at radius 2 is 2.50 bits per heavy atom. The number of hydrogen-bond donors (Lipinski definition) is 1. The maximum Gasteiger partial charge on any atom is 0.346 e. The van der Waals surface area contributed by atoms with Crippen molar-refractivity contribution in [3.8, 4) is 0 Å². The third-order valence-electron chi connectivity index (χ3n) is 1.31. The molecular weight excluding hydrogens is 176 g/mol. The normalized spacial score (nSPS) is 9.50. The molecule has 4 nitrogen and oxygen atoms in total. The van der Waals surface area contributed by atoms with E-state index in [4.69, 9.17) is 0 Å². The Morgan fingerprint density at radius 3 is 3.00 bits per heavy atom. The highest BCUT2D eigenvalue weighted by Gasteiger charge is 2.06. The lowest BCUT2D eigenvalue weighted by atomic mass is 10.6. The van der Waals surface area contributed by atoms with Gasteiger partial charge in [-0.15, -0.1) is 11.3 Å². The van der Waals surface area contributed by atoms with Crippen LogP contribution in [0.25, 0.3) is 0 Å². The zero-order chi connectivity index (χ0) is 8.97. The maximum absolute atomic E-state index is 11.1. The molecule has 0 fully saturated rings. The summed E-state index contributed by atoms with van der Waals surface area (Å²) in [6, 6.07) is 3.42. The van der Waals surface area contributed by atoms with Gasteiger partial charge in [0.15, 0.2) is 0 Å². The lowest BCUT2D eigenvalue weighted by Crippen LogP contribution is -2.29. The molecule has 2 amide bonds. The third kappa shape index (κ3) is 2.21. The van der Waals surface area contributed by atoms with E-state index in [0.29, 0.717) is 0 Å². The molecular formula is C7H10N2O2S. The van der Waals surface area contributed by atoms with Crippen LogP contribution in [0.15, 0.2) is 17.5 Å². The van der Waals surface area contributed by atoms with Crippen molar-refractivity contribution in [3.63, 3.8) is 0 Å². The van der Waals surface area contributed by atoms with Crippen LogP contribution in [0, 0.1) is 0 Å². The van der Waals surface area contributed by atoms with Crippen molar-refractivity contribution in [2.75, 3.05) is 19.5 Å². The van der Waals surface area contributed by atoms with Gasteiger partial charge in [0, 0.05) is 7.05 Å². The van der Waals surface area contributed by atoms with Crippen LogP contribution >= 0.6 is 11.3 Å². The molecule has 0 aliphatic heterocycles. The Kier molecular flexibility index (Phi) is 3.07. The van der Waals surface area contributed by atoms with Gasteiger partial charge in [-0.25, -0.2) is 9.86 Å². The monoisotopic (exact) mass is 186 g/mol. The van der Waals surface area contributed by atoms with E-state index in [0.717, 1.165) is 10.1 Å². The summed E-state index contributed by atoms with van der Waals surface area (Å²) in [5, 5.41) is 6.48. The van der Waals surface area contributed by atoms with E-state index in [1.807, 2.05) is 17.5 Å². The predicted octanol–water partition coefficient (Wildman–Crippen LogP) is 1.77. The van der Waals surface area contributed by atoms with E-state index in [1.165, 1.54) is 18.4 Å².